The first-order valence-electron chi connectivity index (χ1n) is 6.52. The van der Waals surface area contributed by atoms with Gasteiger partial charge in [0.15, 0.2) is 0 Å². The van der Waals surface area contributed by atoms with Gasteiger partial charge in [0.25, 0.3) is 5.91 Å². The number of hydrogen-bond acceptors (Lipinski definition) is 2. The number of alkyl halides is 1. The Morgan fingerprint density at radius 2 is 2.00 bits per heavy atom. The summed E-state index contributed by atoms with van der Waals surface area (Å²) in [5.41, 5.74) is 1.57. The fourth-order valence-electron chi connectivity index (χ4n) is 2.42. The number of likely N-dealkylation sites (tertiary alicyclic amines) is 1. The van der Waals surface area contributed by atoms with E-state index in [0.29, 0.717) is 5.56 Å². The van der Waals surface area contributed by atoms with Gasteiger partial charge in [-0.15, -0.1) is 11.6 Å². The van der Waals surface area contributed by atoms with Crippen molar-refractivity contribution in [1.82, 2.24) is 9.88 Å². The summed E-state index contributed by atoms with van der Waals surface area (Å²) in [5.74, 6) is 0.0572. The van der Waals surface area contributed by atoms with Crippen LogP contribution in [0, 0.1) is 0 Å². The predicted octanol–water partition coefficient (Wildman–Crippen LogP) is 3.08. The van der Waals surface area contributed by atoms with Crippen LogP contribution >= 0.6 is 11.6 Å². The third kappa shape index (κ3) is 2.56. The van der Waals surface area contributed by atoms with Crippen LogP contribution in [0.4, 0.5) is 0 Å². The average Bonchev–Trinajstić information content (AvgIpc) is 2.47. The molecule has 1 fully saturated rings. The monoisotopic (exact) mass is 274 g/mol. The van der Waals surface area contributed by atoms with E-state index in [2.05, 4.69) is 4.98 Å². The summed E-state index contributed by atoms with van der Waals surface area (Å²) in [6.07, 6.45) is 3.40. The van der Waals surface area contributed by atoms with Crippen molar-refractivity contribution in [2.24, 2.45) is 0 Å². The Balaban J connectivity index is 1.85. The van der Waals surface area contributed by atoms with Crippen LogP contribution in [0.1, 0.15) is 23.2 Å². The number of nitrogens with zero attached hydrogens (tertiary/aromatic N) is 2. The third-order valence-electron chi connectivity index (χ3n) is 3.55. The molecule has 2 aromatic rings. The minimum Gasteiger partial charge on any atom is -0.338 e. The maximum atomic E-state index is 12.4. The Morgan fingerprint density at radius 3 is 2.79 bits per heavy atom. The van der Waals surface area contributed by atoms with Crippen molar-refractivity contribution in [3.63, 3.8) is 0 Å². The van der Waals surface area contributed by atoms with Crippen LogP contribution in [0.15, 0.2) is 36.5 Å². The molecule has 4 heteroatoms. The van der Waals surface area contributed by atoms with E-state index in [1.807, 2.05) is 35.2 Å². The lowest BCUT2D eigenvalue weighted by atomic mass is 10.1. The third-order valence-corrected chi connectivity index (χ3v) is 3.99. The van der Waals surface area contributed by atoms with E-state index < -0.39 is 0 Å². The number of para-hydroxylation sites is 1. The van der Waals surface area contributed by atoms with Gasteiger partial charge in [0, 0.05) is 30.0 Å². The largest absolute Gasteiger partial charge is 0.338 e. The summed E-state index contributed by atoms with van der Waals surface area (Å²) in [6.45, 7) is 1.47. The molecule has 1 aromatic heterocycles. The minimum atomic E-state index is 0.0572. The number of rotatable bonds is 1. The predicted molar refractivity (Wildman–Crippen MR) is 76.5 cm³/mol. The van der Waals surface area contributed by atoms with Crippen molar-refractivity contribution in [3.8, 4) is 0 Å². The SMILES string of the molecule is O=C(c1cnc2ccccc2c1)N1CCC(Cl)CC1. The van der Waals surface area contributed by atoms with E-state index in [0.717, 1.165) is 36.8 Å². The molecule has 0 bridgehead atoms. The zero-order valence-corrected chi connectivity index (χ0v) is 11.3. The molecule has 2 heterocycles. The van der Waals surface area contributed by atoms with Crippen LogP contribution in [0.5, 0.6) is 0 Å². The first-order chi connectivity index (χ1) is 9.24. The summed E-state index contributed by atoms with van der Waals surface area (Å²) >= 11 is 6.06. The number of carbonyl (C=O) groups is 1. The van der Waals surface area contributed by atoms with E-state index >= 15 is 0 Å². The van der Waals surface area contributed by atoms with Crippen LogP contribution < -0.4 is 0 Å². The van der Waals surface area contributed by atoms with E-state index in [4.69, 9.17) is 11.6 Å². The van der Waals surface area contributed by atoms with Crippen molar-refractivity contribution in [3.05, 3.63) is 42.1 Å². The molecule has 1 amide bonds. The standard InChI is InChI=1S/C15H15ClN2O/c16-13-5-7-18(8-6-13)15(19)12-9-11-3-1-2-4-14(11)17-10-12/h1-4,9-10,13H,5-8H2. The lowest BCUT2D eigenvalue weighted by Crippen LogP contribution is -2.38. The smallest absolute Gasteiger partial charge is 0.255 e. The van der Waals surface area contributed by atoms with Gasteiger partial charge in [0.2, 0.25) is 0 Å². The van der Waals surface area contributed by atoms with Crippen molar-refractivity contribution in [1.29, 1.82) is 0 Å². The molecule has 0 atom stereocenters. The van der Waals surface area contributed by atoms with Crippen molar-refractivity contribution in [2.75, 3.05) is 13.1 Å². The molecule has 1 aliphatic heterocycles. The highest BCUT2D eigenvalue weighted by Gasteiger charge is 2.22. The zero-order valence-electron chi connectivity index (χ0n) is 10.6. The first kappa shape index (κ1) is 12.4. The lowest BCUT2D eigenvalue weighted by Gasteiger charge is -2.29. The van der Waals surface area contributed by atoms with Crippen LogP contribution in [-0.4, -0.2) is 34.3 Å². The van der Waals surface area contributed by atoms with Gasteiger partial charge in [-0.2, -0.15) is 0 Å². The van der Waals surface area contributed by atoms with Gasteiger partial charge in [-0.05, 0) is 25.0 Å². The average molecular weight is 275 g/mol. The van der Waals surface area contributed by atoms with Gasteiger partial charge in [0.05, 0.1) is 11.1 Å². The quantitative estimate of drug-likeness (QED) is 0.749. The molecule has 1 saturated heterocycles. The molecule has 0 N–H and O–H groups in total. The number of carbonyl (C=O) groups excluding carboxylic acids is 1. The summed E-state index contributed by atoms with van der Waals surface area (Å²) in [7, 11) is 0. The first-order valence-corrected chi connectivity index (χ1v) is 6.96. The van der Waals surface area contributed by atoms with Gasteiger partial charge >= 0.3 is 0 Å². The van der Waals surface area contributed by atoms with Gasteiger partial charge < -0.3 is 4.90 Å². The molecule has 0 aliphatic carbocycles. The maximum absolute atomic E-state index is 12.4. The summed E-state index contributed by atoms with van der Waals surface area (Å²) < 4.78 is 0. The number of benzene rings is 1. The number of halogens is 1. The molecule has 0 saturated carbocycles. The van der Waals surface area contributed by atoms with Gasteiger partial charge in [-0.25, -0.2) is 0 Å². The topological polar surface area (TPSA) is 33.2 Å². The Labute approximate surface area is 117 Å². The number of amides is 1. The Hall–Kier alpha value is -1.61. The van der Waals surface area contributed by atoms with Crippen molar-refractivity contribution < 1.29 is 4.79 Å². The number of aromatic nitrogens is 1. The number of piperidine rings is 1. The zero-order chi connectivity index (χ0) is 13.2. The minimum absolute atomic E-state index is 0.0572. The fourth-order valence-corrected chi connectivity index (χ4v) is 2.62. The second-order valence-electron chi connectivity index (χ2n) is 4.88. The number of hydrogen-bond donors (Lipinski definition) is 0. The summed E-state index contributed by atoms with van der Waals surface area (Å²) in [5, 5.41) is 1.21. The van der Waals surface area contributed by atoms with Gasteiger partial charge in [-0.3, -0.25) is 9.78 Å². The fraction of sp³-hybridized carbons (Fsp3) is 0.333. The number of pyridine rings is 1. The molecule has 3 nitrogen and oxygen atoms in total. The van der Waals surface area contributed by atoms with E-state index in [1.165, 1.54) is 0 Å². The Bertz CT molecular complexity index is 606. The highest BCUT2D eigenvalue weighted by molar-refractivity contribution is 6.20. The van der Waals surface area contributed by atoms with Gasteiger partial charge in [0.1, 0.15) is 0 Å². The molecule has 1 aromatic carbocycles. The molecule has 3 rings (SSSR count). The summed E-state index contributed by atoms with van der Waals surface area (Å²) in [6, 6.07) is 9.74. The van der Waals surface area contributed by atoms with E-state index in [1.54, 1.807) is 6.20 Å². The molecular weight excluding hydrogens is 260 g/mol. The Kier molecular flexibility index (Phi) is 3.38. The molecule has 1 aliphatic rings. The van der Waals surface area contributed by atoms with Crippen LogP contribution in [0.2, 0.25) is 0 Å². The van der Waals surface area contributed by atoms with E-state index in [-0.39, 0.29) is 11.3 Å². The highest BCUT2D eigenvalue weighted by Crippen LogP contribution is 2.19. The maximum Gasteiger partial charge on any atom is 0.255 e. The van der Waals surface area contributed by atoms with Gasteiger partial charge in [-0.1, -0.05) is 18.2 Å². The second-order valence-corrected chi connectivity index (χ2v) is 5.50. The molecule has 19 heavy (non-hydrogen) atoms. The molecule has 0 spiro atoms. The molecule has 0 unspecified atom stereocenters. The second kappa shape index (κ2) is 5.17. The number of fused-ring (bicyclic) bond motifs is 1. The van der Waals surface area contributed by atoms with Crippen LogP contribution in [0.3, 0.4) is 0 Å². The van der Waals surface area contributed by atoms with Crippen molar-refractivity contribution in [2.45, 2.75) is 18.2 Å². The van der Waals surface area contributed by atoms with Crippen LogP contribution in [0.25, 0.3) is 10.9 Å². The Morgan fingerprint density at radius 1 is 1.26 bits per heavy atom. The normalized spacial score (nSPS) is 16.8. The summed E-state index contributed by atoms with van der Waals surface area (Å²) in [4.78, 5) is 18.6. The van der Waals surface area contributed by atoms with Crippen LogP contribution in [-0.2, 0) is 0 Å². The molecular formula is C15H15ClN2O. The van der Waals surface area contributed by atoms with E-state index in [9.17, 15) is 4.79 Å². The molecule has 98 valence electrons. The van der Waals surface area contributed by atoms with Crippen molar-refractivity contribution >= 4 is 28.4 Å². The highest BCUT2D eigenvalue weighted by atomic mass is 35.5. The molecule has 0 radical (unpaired) electrons. The lowest BCUT2D eigenvalue weighted by molar-refractivity contribution is 0.0726.